The molecule has 0 aromatic carbocycles. The van der Waals surface area contributed by atoms with Crippen LogP contribution in [0, 0.1) is 17.8 Å². The van der Waals surface area contributed by atoms with E-state index in [4.69, 9.17) is 4.74 Å². The van der Waals surface area contributed by atoms with E-state index in [1.807, 2.05) is 6.92 Å². The Bertz CT molecular complexity index is 412. The molecule has 0 spiro atoms. The Hall–Kier alpha value is -0.810. The Morgan fingerprint density at radius 3 is 2.00 bits per heavy atom. The van der Waals surface area contributed by atoms with Crippen molar-refractivity contribution in [2.24, 2.45) is 17.8 Å². The van der Waals surface area contributed by atoms with E-state index in [0.29, 0.717) is 18.9 Å². The van der Waals surface area contributed by atoms with Crippen molar-refractivity contribution in [2.75, 3.05) is 13.2 Å². The normalized spacial score (nSPS) is 16.9. The van der Waals surface area contributed by atoms with Crippen LogP contribution in [-0.2, 0) is 4.74 Å². The smallest absolute Gasteiger partial charge is 0.407 e. The first kappa shape index (κ1) is 28.2. The van der Waals surface area contributed by atoms with Gasteiger partial charge in [0.1, 0.15) is 12.7 Å². The van der Waals surface area contributed by atoms with Crippen LogP contribution < -0.4 is 5.32 Å². The van der Waals surface area contributed by atoms with Crippen molar-refractivity contribution < 1.29 is 19.7 Å². The highest BCUT2D eigenvalue weighted by atomic mass is 16.6. The first-order valence-corrected chi connectivity index (χ1v) is 11.9. The molecule has 1 amide bonds. The lowest BCUT2D eigenvalue weighted by atomic mass is 9.88. The Labute approximate surface area is 180 Å². The summed E-state index contributed by atoms with van der Waals surface area (Å²) in [4.78, 5) is 11.4. The van der Waals surface area contributed by atoms with Crippen molar-refractivity contribution in [3.05, 3.63) is 0 Å². The zero-order valence-corrected chi connectivity index (χ0v) is 20.0. The van der Waals surface area contributed by atoms with Gasteiger partial charge in [0, 0.05) is 6.54 Å². The summed E-state index contributed by atoms with van der Waals surface area (Å²) in [5.41, 5.74) is -1.24. The second-order valence-electron chi connectivity index (χ2n) is 9.76. The van der Waals surface area contributed by atoms with Crippen LogP contribution in [0.5, 0.6) is 0 Å². The van der Waals surface area contributed by atoms with Crippen LogP contribution in [0.25, 0.3) is 0 Å². The molecule has 3 N–H and O–H groups in total. The highest BCUT2D eigenvalue weighted by Crippen LogP contribution is 2.24. The number of carbonyl (C=O) groups excluding carboxylic acids is 1. The highest BCUT2D eigenvalue weighted by Gasteiger charge is 2.31. The number of aliphatic hydroxyl groups is 2. The standard InChI is InChI=1S/C24H49NO4/c1-7-17-25-23(27)29-18-22(26)24(6,28)16-10-15-21(5)14-9-13-20(4)12-8-11-19(2)3/h19-22,26,28H,7-18H2,1-6H3,(H,25,27). The molecule has 0 aromatic heterocycles. The van der Waals surface area contributed by atoms with Crippen molar-refractivity contribution in [3.63, 3.8) is 0 Å². The van der Waals surface area contributed by atoms with Gasteiger partial charge in [-0.25, -0.2) is 4.79 Å². The predicted octanol–water partition coefficient (Wildman–Crippen LogP) is 5.67. The van der Waals surface area contributed by atoms with Gasteiger partial charge in [-0.1, -0.05) is 86.0 Å². The zero-order chi connectivity index (χ0) is 22.3. The molecule has 0 aromatic rings. The van der Waals surface area contributed by atoms with E-state index in [2.05, 4.69) is 33.0 Å². The molecule has 0 saturated carbocycles. The molecule has 0 radical (unpaired) electrons. The average Bonchev–Trinajstić information content (AvgIpc) is 2.63. The molecular weight excluding hydrogens is 366 g/mol. The summed E-state index contributed by atoms with van der Waals surface area (Å²) >= 11 is 0. The molecule has 0 bridgehead atoms. The van der Waals surface area contributed by atoms with Crippen LogP contribution in [0.3, 0.4) is 0 Å². The van der Waals surface area contributed by atoms with Crippen molar-refractivity contribution in [3.8, 4) is 0 Å². The van der Waals surface area contributed by atoms with Crippen molar-refractivity contribution in [1.29, 1.82) is 0 Å². The summed E-state index contributed by atoms with van der Waals surface area (Å²) < 4.78 is 4.98. The maximum Gasteiger partial charge on any atom is 0.407 e. The molecule has 0 aliphatic heterocycles. The largest absolute Gasteiger partial charge is 0.447 e. The summed E-state index contributed by atoms with van der Waals surface area (Å²) in [5.74, 6) is 2.25. The maximum atomic E-state index is 11.4. The first-order chi connectivity index (χ1) is 13.6. The second kappa shape index (κ2) is 16.0. The lowest BCUT2D eigenvalue weighted by molar-refractivity contribution is -0.0900. The molecule has 0 rings (SSSR count). The van der Waals surface area contributed by atoms with Crippen LogP contribution >= 0.6 is 0 Å². The fraction of sp³-hybridized carbons (Fsp3) is 0.958. The molecule has 0 saturated heterocycles. The molecule has 4 atom stereocenters. The summed E-state index contributed by atoms with van der Waals surface area (Å²) in [6, 6.07) is 0. The molecule has 5 nitrogen and oxygen atoms in total. The number of rotatable bonds is 17. The van der Waals surface area contributed by atoms with E-state index < -0.39 is 17.8 Å². The average molecular weight is 416 g/mol. The number of hydrogen-bond acceptors (Lipinski definition) is 4. The summed E-state index contributed by atoms with van der Waals surface area (Å²) in [7, 11) is 0. The predicted molar refractivity (Wildman–Crippen MR) is 121 cm³/mol. The molecule has 0 fully saturated rings. The number of hydrogen-bond donors (Lipinski definition) is 3. The van der Waals surface area contributed by atoms with Gasteiger partial charge in [-0.2, -0.15) is 0 Å². The fourth-order valence-electron chi connectivity index (χ4n) is 3.57. The Morgan fingerprint density at radius 1 is 0.966 bits per heavy atom. The van der Waals surface area contributed by atoms with Crippen LogP contribution in [0.2, 0.25) is 0 Å². The van der Waals surface area contributed by atoms with E-state index in [1.54, 1.807) is 6.92 Å². The van der Waals surface area contributed by atoms with E-state index >= 15 is 0 Å². The molecule has 174 valence electrons. The van der Waals surface area contributed by atoms with Gasteiger partial charge in [0.05, 0.1) is 5.60 Å². The van der Waals surface area contributed by atoms with E-state index in [1.165, 1.54) is 38.5 Å². The molecular formula is C24H49NO4. The fourth-order valence-corrected chi connectivity index (χ4v) is 3.57. The summed E-state index contributed by atoms with van der Waals surface area (Å²) in [6.07, 6.45) is 9.42. The second-order valence-corrected chi connectivity index (χ2v) is 9.76. The minimum Gasteiger partial charge on any atom is -0.447 e. The van der Waals surface area contributed by atoms with Crippen LogP contribution in [0.1, 0.15) is 106 Å². The quantitative estimate of drug-likeness (QED) is 0.286. The van der Waals surface area contributed by atoms with Crippen LogP contribution in [0.15, 0.2) is 0 Å². The summed E-state index contributed by atoms with van der Waals surface area (Å²) in [6.45, 7) is 13.2. The number of carbonyl (C=O) groups is 1. The topological polar surface area (TPSA) is 78.8 Å². The Balaban J connectivity index is 3.91. The molecule has 4 unspecified atom stereocenters. The van der Waals surface area contributed by atoms with Gasteiger partial charge in [0.15, 0.2) is 0 Å². The third kappa shape index (κ3) is 15.7. The number of alkyl carbamates (subject to hydrolysis) is 1. The van der Waals surface area contributed by atoms with Gasteiger partial charge in [-0.15, -0.1) is 0 Å². The maximum absolute atomic E-state index is 11.4. The van der Waals surface area contributed by atoms with Crippen molar-refractivity contribution >= 4 is 6.09 Å². The van der Waals surface area contributed by atoms with Gasteiger partial charge in [0.2, 0.25) is 0 Å². The highest BCUT2D eigenvalue weighted by molar-refractivity contribution is 5.67. The van der Waals surface area contributed by atoms with Crippen LogP contribution in [0.4, 0.5) is 4.79 Å². The molecule has 29 heavy (non-hydrogen) atoms. The number of aliphatic hydroxyl groups excluding tert-OH is 1. The molecule has 0 aliphatic rings. The minimum absolute atomic E-state index is 0.188. The molecule has 0 aliphatic carbocycles. The van der Waals surface area contributed by atoms with Gasteiger partial charge in [-0.05, 0) is 37.5 Å². The molecule has 5 heteroatoms. The minimum atomic E-state index is -1.24. The van der Waals surface area contributed by atoms with E-state index in [9.17, 15) is 15.0 Å². The van der Waals surface area contributed by atoms with Crippen molar-refractivity contribution in [2.45, 2.75) is 117 Å². The van der Waals surface area contributed by atoms with E-state index in [-0.39, 0.29) is 6.61 Å². The summed E-state index contributed by atoms with van der Waals surface area (Å²) in [5, 5.41) is 23.2. The Kier molecular flexibility index (Phi) is 15.5. The third-order valence-corrected chi connectivity index (χ3v) is 5.86. The lowest BCUT2D eigenvalue weighted by Crippen LogP contribution is -2.43. The molecule has 0 heterocycles. The van der Waals surface area contributed by atoms with Gasteiger partial charge in [-0.3, -0.25) is 0 Å². The number of ether oxygens (including phenoxy) is 1. The first-order valence-electron chi connectivity index (χ1n) is 11.9. The third-order valence-electron chi connectivity index (χ3n) is 5.86. The van der Waals surface area contributed by atoms with Crippen molar-refractivity contribution in [1.82, 2.24) is 5.32 Å². The monoisotopic (exact) mass is 415 g/mol. The van der Waals surface area contributed by atoms with Gasteiger partial charge >= 0.3 is 6.09 Å². The SMILES string of the molecule is CCCNC(=O)OCC(O)C(C)(O)CCCC(C)CCCC(C)CCCC(C)C. The van der Waals surface area contributed by atoms with Crippen LogP contribution in [-0.4, -0.2) is 41.2 Å². The zero-order valence-electron chi connectivity index (χ0n) is 20.0. The lowest BCUT2D eigenvalue weighted by Gasteiger charge is -2.29. The van der Waals surface area contributed by atoms with E-state index in [0.717, 1.165) is 31.1 Å². The number of amides is 1. The Morgan fingerprint density at radius 2 is 1.48 bits per heavy atom. The van der Waals surface area contributed by atoms with Gasteiger partial charge < -0.3 is 20.3 Å². The van der Waals surface area contributed by atoms with Gasteiger partial charge in [0.25, 0.3) is 0 Å². The number of nitrogens with one attached hydrogen (secondary N) is 1.